The molecule has 1 N–H and O–H groups in total. The maximum Gasteiger partial charge on any atom is 0.116 e. The molecule has 1 aliphatic heterocycles. The van der Waals surface area contributed by atoms with Crippen molar-refractivity contribution in [2.45, 2.75) is 0 Å². The largest absolute Gasteiger partial charge is 0.508 e. The zero-order valence-corrected chi connectivity index (χ0v) is 10.7. The van der Waals surface area contributed by atoms with E-state index in [1.54, 1.807) is 24.7 Å². The lowest BCUT2D eigenvalue weighted by Gasteiger charge is -2.01. The van der Waals surface area contributed by atoms with Crippen LogP contribution in [0.4, 0.5) is 0 Å². The van der Waals surface area contributed by atoms with Gasteiger partial charge >= 0.3 is 0 Å². The number of benzene rings is 3. The third kappa shape index (κ3) is 1.58. The Hall–Kier alpha value is -2.74. The van der Waals surface area contributed by atoms with Crippen LogP contribution in [0.25, 0.3) is 23.3 Å². The number of aromatic hydroxyl groups is 1. The van der Waals surface area contributed by atoms with Crippen molar-refractivity contribution in [2.75, 3.05) is 0 Å². The van der Waals surface area contributed by atoms with E-state index < -0.39 is 0 Å². The Balaban J connectivity index is 2.34. The van der Waals surface area contributed by atoms with Gasteiger partial charge in [0.2, 0.25) is 0 Å². The van der Waals surface area contributed by atoms with E-state index in [1.165, 1.54) is 0 Å². The normalized spacial score (nSPS) is 12.4. The minimum Gasteiger partial charge on any atom is -0.508 e. The first-order chi connectivity index (χ1) is 9.83. The summed E-state index contributed by atoms with van der Waals surface area (Å²) in [4.78, 5) is 0. The highest BCUT2D eigenvalue weighted by Gasteiger charge is 2.01. The van der Waals surface area contributed by atoms with Crippen molar-refractivity contribution in [3.8, 4) is 5.75 Å². The Bertz CT molecular complexity index is 1030. The van der Waals surface area contributed by atoms with Gasteiger partial charge in [-0.25, -0.2) is 0 Å². The molecule has 0 amide bonds. The van der Waals surface area contributed by atoms with E-state index in [9.17, 15) is 5.11 Å². The summed E-state index contributed by atoms with van der Waals surface area (Å²) < 4.78 is 5.57. The van der Waals surface area contributed by atoms with Crippen LogP contribution in [0.5, 0.6) is 5.75 Å². The second kappa shape index (κ2) is 4.14. The van der Waals surface area contributed by atoms with E-state index in [1.807, 2.05) is 30.3 Å². The van der Waals surface area contributed by atoms with Crippen molar-refractivity contribution in [1.29, 1.82) is 0 Å². The summed E-state index contributed by atoms with van der Waals surface area (Å²) in [7, 11) is 0. The quantitative estimate of drug-likeness (QED) is 0.672. The summed E-state index contributed by atoms with van der Waals surface area (Å²) in [5, 5.41) is 16.1. The highest BCUT2D eigenvalue weighted by Crippen LogP contribution is 2.17. The van der Waals surface area contributed by atoms with Crippen molar-refractivity contribution in [3.63, 3.8) is 0 Å². The van der Waals surface area contributed by atoms with Crippen molar-refractivity contribution in [1.82, 2.24) is 0 Å². The molecule has 0 saturated carbocycles. The van der Waals surface area contributed by atoms with Crippen molar-refractivity contribution in [3.05, 3.63) is 75.5 Å². The van der Waals surface area contributed by atoms with Crippen molar-refractivity contribution < 1.29 is 9.84 Å². The number of phenolic OH excluding ortho intramolecular Hbond substituents is 1. The number of hydrogen-bond acceptors (Lipinski definition) is 2. The lowest BCUT2D eigenvalue weighted by atomic mass is 10.0. The summed E-state index contributed by atoms with van der Waals surface area (Å²) in [5.74, 6) is 0.277. The average Bonchev–Trinajstić information content (AvgIpc) is 2.66. The van der Waals surface area contributed by atoms with Gasteiger partial charge in [0.05, 0.1) is 12.5 Å². The van der Waals surface area contributed by atoms with E-state index in [4.69, 9.17) is 4.74 Å². The zero-order chi connectivity index (χ0) is 13.5. The van der Waals surface area contributed by atoms with E-state index in [0.717, 1.165) is 31.6 Å². The Kier molecular flexibility index (Phi) is 2.30. The summed E-state index contributed by atoms with van der Waals surface area (Å²) in [6.45, 7) is 0. The van der Waals surface area contributed by atoms with Gasteiger partial charge in [-0.1, -0.05) is 36.4 Å². The summed E-state index contributed by atoms with van der Waals surface area (Å²) in [6.07, 6.45) is 3.54. The second-order valence-electron chi connectivity index (χ2n) is 4.89. The minimum atomic E-state index is 0.277. The number of ether oxygens (including phenoxy) is 1. The van der Waals surface area contributed by atoms with Crippen LogP contribution in [0.3, 0.4) is 0 Å². The Morgan fingerprint density at radius 2 is 1.70 bits per heavy atom. The Morgan fingerprint density at radius 3 is 2.65 bits per heavy atom. The molecule has 0 fully saturated rings. The molecule has 0 saturated heterocycles. The Labute approximate surface area is 115 Å². The maximum atomic E-state index is 9.60. The molecule has 20 heavy (non-hydrogen) atoms. The van der Waals surface area contributed by atoms with Gasteiger partial charge in [-0.15, -0.1) is 0 Å². The molecule has 1 aliphatic rings. The standard InChI is InChI=1S/C18H12O2/c19-14-6-8-16-12(9-14)5-7-17-15-4-2-1-3-13(15)10-20-11-18(16)17/h1-11,19H. The van der Waals surface area contributed by atoms with Crippen LogP contribution in [-0.2, 0) is 4.74 Å². The summed E-state index contributed by atoms with van der Waals surface area (Å²) in [5.41, 5.74) is 0. The molecule has 2 heteroatoms. The molecule has 0 unspecified atom stereocenters. The van der Waals surface area contributed by atoms with Crippen LogP contribution >= 0.6 is 0 Å². The van der Waals surface area contributed by atoms with Crippen LogP contribution < -0.4 is 10.4 Å². The fraction of sp³-hybridized carbons (Fsp3) is 0. The van der Waals surface area contributed by atoms with Crippen molar-refractivity contribution in [2.24, 2.45) is 0 Å². The molecule has 0 aromatic heterocycles. The molecular formula is C18H12O2. The molecule has 3 aromatic rings. The third-order valence-electron chi connectivity index (χ3n) is 3.68. The molecule has 2 nitrogen and oxygen atoms in total. The van der Waals surface area contributed by atoms with Gasteiger partial charge in [-0.2, -0.15) is 0 Å². The van der Waals surface area contributed by atoms with Gasteiger partial charge < -0.3 is 9.84 Å². The first-order valence-electron chi connectivity index (χ1n) is 6.50. The summed E-state index contributed by atoms with van der Waals surface area (Å²) in [6, 6.07) is 17.7. The van der Waals surface area contributed by atoms with Crippen LogP contribution in [0, 0.1) is 10.4 Å². The maximum absolute atomic E-state index is 9.60. The molecule has 3 aromatic carbocycles. The average molecular weight is 260 g/mol. The highest BCUT2D eigenvalue weighted by atomic mass is 16.5. The van der Waals surface area contributed by atoms with E-state index in [0.29, 0.717) is 0 Å². The van der Waals surface area contributed by atoms with Gasteiger partial charge in [0.25, 0.3) is 0 Å². The first-order valence-corrected chi connectivity index (χ1v) is 6.50. The van der Waals surface area contributed by atoms with Gasteiger partial charge in [-0.3, -0.25) is 0 Å². The topological polar surface area (TPSA) is 29.5 Å². The molecule has 0 radical (unpaired) electrons. The molecular weight excluding hydrogens is 248 g/mol. The second-order valence-corrected chi connectivity index (χ2v) is 4.89. The predicted octanol–water partition coefficient (Wildman–Crippen LogP) is 2.34. The smallest absolute Gasteiger partial charge is 0.116 e. The molecule has 1 heterocycles. The van der Waals surface area contributed by atoms with Gasteiger partial charge in [-0.05, 0) is 39.4 Å². The van der Waals surface area contributed by atoms with Crippen LogP contribution in [0.2, 0.25) is 0 Å². The number of fused-ring (bicyclic) bond motifs is 4. The molecule has 0 spiro atoms. The molecule has 0 atom stereocenters. The monoisotopic (exact) mass is 260 g/mol. The molecule has 0 bridgehead atoms. The number of phenols is 1. The van der Waals surface area contributed by atoms with E-state index >= 15 is 0 Å². The fourth-order valence-electron chi connectivity index (χ4n) is 2.72. The third-order valence-corrected chi connectivity index (χ3v) is 3.68. The van der Waals surface area contributed by atoms with Crippen molar-refractivity contribution >= 4 is 23.3 Å². The SMILES string of the molecule is Oc1ccc2c3c(ccc2c1)=c1ccccc1=COC=3. The van der Waals surface area contributed by atoms with E-state index in [-0.39, 0.29) is 5.75 Å². The number of rotatable bonds is 0. The minimum absolute atomic E-state index is 0.277. The first kappa shape index (κ1) is 11.1. The molecule has 4 rings (SSSR count). The molecule has 0 aliphatic carbocycles. The van der Waals surface area contributed by atoms with Gasteiger partial charge in [0.1, 0.15) is 5.75 Å². The fourth-order valence-corrected chi connectivity index (χ4v) is 2.72. The molecule has 96 valence electrons. The predicted molar refractivity (Wildman–Crippen MR) is 79.0 cm³/mol. The van der Waals surface area contributed by atoms with Gasteiger partial charge in [0, 0.05) is 10.4 Å². The zero-order valence-electron chi connectivity index (χ0n) is 10.7. The van der Waals surface area contributed by atoms with Gasteiger partial charge in [0.15, 0.2) is 0 Å². The number of hydrogen-bond donors (Lipinski definition) is 1. The lowest BCUT2D eigenvalue weighted by molar-refractivity contribution is 0.476. The lowest BCUT2D eigenvalue weighted by Crippen LogP contribution is -2.08. The Morgan fingerprint density at radius 1 is 0.800 bits per heavy atom. The van der Waals surface area contributed by atoms with Crippen LogP contribution in [0.1, 0.15) is 0 Å². The summed E-state index contributed by atoms with van der Waals surface area (Å²) >= 11 is 0. The van der Waals surface area contributed by atoms with E-state index in [2.05, 4.69) is 12.1 Å². The van der Waals surface area contributed by atoms with Crippen LogP contribution in [0.15, 0.2) is 54.6 Å². The van der Waals surface area contributed by atoms with Crippen LogP contribution in [-0.4, -0.2) is 5.11 Å². The highest BCUT2D eigenvalue weighted by molar-refractivity contribution is 5.85.